The molecule has 4 rings (SSSR count). The van der Waals surface area contributed by atoms with E-state index in [2.05, 4.69) is 0 Å². The number of carbonyl (C=O) groups excluding carboxylic acids is 2. The summed E-state index contributed by atoms with van der Waals surface area (Å²) < 4.78 is 28.5. The molecule has 2 aromatic carbocycles. The molecular weight excluding hydrogens is 424 g/mol. The average Bonchev–Trinajstić information content (AvgIpc) is 3.26. The van der Waals surface area contributed by atoms with Crippen molar-refractivity contribution in [1.82, 2.24) is 0 Å². The van der Waals surface area contributed by atoms with E-state index in [1.807, 2.05) is 13.0 Å². The molecule has 1 aliphatic rings. The van der Waals surface area contributed by atoms with Crippen LogP contribution in [0.3, 0.4) is 0 Å². The summed E-state index contributed by atoms with van der Waals surface area (Å²) >= 11 is 0.845. The topological polar surface area (TPSA) is 111 Å². The summed E-state index contributed by atoms with van der Waals surface area (Å²) in [7, 11) is -3.77. The number of furan rings is 1. The zero-order valence-corrected chi connectivity index (χ0v) is 17.4. The van der Waals surface area contributed by atoms with Crippen LogP contribution in [0.1, 0.15) is 11.3 Å². The fourth-order valence-electron chi connectivity index (χ4n) is 2.98. The first-order valence-corrected chi connectivity index (χ1v) is 11.2. The molecule has 3 aromatic rings. The number of amides is 2. The lowest BCUT2D eigenvalue weighted by molar-refractivity contribution is -0.113. The van der Waals surface area contributed by atoms with Crippen molar-refractivity contribution < 1.29 is 22.4 Å². The Balaban J connectivity index is 1.58. The lowest BCUT2D eigenvalue weighted by Crippen LogP contribution is -2.27. The number of benzene rings is 2. The molecule has 1 saturated heterocycles. The van der Waals surface area contributed by atoms with E-state index in [1.165, 1.54) is 18.2 Å². The van der Waals surface area contributed by atoms with Gasteiger partial charge in [0, 0.05) is 11.6 Å². The lowest BCUT2D eigenvalue weighted by Gasteiger charge is -2.12. The molecule has 7 nitrogen and oxygen atoms in total. The standard InChI is InChI=1S/C21H16N2O5S2/c1-13-3-2-4-15(11-13)23-20(24)19(29-21(23)25)12-16-7-10-18(28-16)14-5-8-17(9-6-14)30(22,26)27/h2-12H,1H3,(H2,22,26,27)/b19-12-. The molecule has 9 heteroatoms. The van der Waals surface area contributed by atoms with Crippen LogP contribution < -0.4 is 10.0 Å². The average molecular weight is 441 g/mol. The molecule has 0 spiro atoms. The third kappa shape index (κ3) is 3.95. The molecule has 1 aromatic heterocycles. The van der Waals surface area contributed by atoms with Gasteiger partial charge in [-0.2, -0.15) is 0 Å². The molecule has 2 N–H and O–H groups in total. The van der Waals surface area contributed by atoms with Gasteiger partial charge in [0.15, 0.2) is 0 Å². The molecule has 30 heavy (non-hydrogen) atoms. The summed E-state index contributed by atoms with van der Waals surface area (Å²) in [4.78, 5) is 26.5. The number of nitrogens with two attached hydrogens (primary N) is 1. The number of hydrogen-bond donors (Lipinski definition) is 1. The fraction of sp³-hybridized carbons (Fsp3) is 0.0476. The van der Waals surface area contributed by atoms with Gasteiger partial charge >= 0.3 is 0 Å². The number of sulfonamides is 1. The quantitative estimate of drug-likeness (QED) is 0.611. The van der Waals surface area contributed by atoms with Crippen LogP contribution in [0.4, 0.5) is 10.5 Å². The van der Waals surface area contributed by atoms with Gasteiger partial charge in [-0.1, -0.05) is 12.1 Å². The SMILES string of the molecule is Cc1cccc(N2C(=O)S/C(=C\c3ccc(-c4ccc(S(N)(=O)=O)cc4)o3)C2=O)c1. The highest BCUT2D eigenvalue weighted by molar-refractivity contribution is 8.19. The van der Waals surface area contributed by atoms with Crippen molar-refractivity contribution in [3.05, 3.63) is 76.9 Å². The normalized spacial score (nSPS) is 15.9. The second-order valence-corrected chi connectivity index (χ2v) is 9.18. The Morgan fingerprint density at radius 2 is 1.77 bits per heavy atom. The van der Waals surface area contributed by atoms with Crippen LogP contribution in [-0.4, -0.2) is 19.6 Å². The number of nitrogens with zero attached hydrogens (tertiary/aromatic N) is 1. The Kier molecular flexibility index (Phi) is 5.10. The molecule has 0 unspecified atom stereocenters. The van der Waals surface area contributed by atoms with Crippen LogP contribution in [-0.2, 0) is 14.8 Å². The first-order valence-electron chi connectivity index (χ1n) is 8.80. The first-order chi connectivity index (χ1) is 14.2. The molecule has 1 fully saturated rings. The van der Waals surface area contributed by atoms with E-state index >= 15 is 0 Å². The molecule has 152 valence electrons. The summed E-state index contributed by atoms with van der Waals surface area (Å²) in [5.74, 6) is 0.474. The minimum absolute atomic E-state index is 0.00264. The minimum Gasteiger partial charge on any atom is -0.457 e. The van der Waals surface area contributed by atoms with E-state index in [9.17, 15) is 18.0 Å². The zero-order valence-electron chi connectivity index (χ0n) is 15.7. The van der Waals surface area contributed by atoms with Crippen molar-refractivity contribution in [2.24, 2.45) is 5.14 Å². The maximum absolute atomic E-state index is 12.7. The number of anilines is 1. The van der Waals surface area contributed by atoms with Gasteiger partial charge in [0.1, 0.15) is 11.5 Å². The smallest absolute Gasteiger partial charge is 0.298 e. The van der Waals surface area contributed by atoms with Crippen molar-refractivity contribution in [1.29, 1.82) is 0 Å². The zero-order chi connectivity index (χ0) is 21.5. The Morgan fingerprint density at radius 1 is 1.03 bits per heavy atom. The first kappa shape index (κ1) is 20.1. The number of thioether (sulfide) groups is 1. The van der Waals surface area contributed by atoms with E-state index < -0.39 is 15.9 Å². The van der Waals surface area contributed by atoms with E-state index in [-0.39, 0.29) is 15.0 Å². The van der Waals surface area contributed by atoms with E-state index in [4.69, 9.17) is 9.56 Å². The van der Waals surface area contributed by atoms with Crippen LogP contribution in [0.5, 0.6) is 0 Å². The summed E-state index contributed by atoms with van der Waals surface area (Å²) in [6.07, 6.45) is 1.52. The lowest BCUT2D eigenvalue weighted by atomic mass is 10.2. The highest BCUT2D eigenvalue weighted by atomic mass is 32.2. The number of hydrogen-bond acceptors (Lipinski definition) is 6. The Bertz CT molecular complexity index is 1290. The van der Waals surface area contributed by atoms with Gasteiger partial charge < -0.3 is 4.42 Å². The maximum Gasteiger partial charge on any atom is 0.298 e. The van der Waals surface area contributed by atoms with Crippen molar-refractivity contribution in [2.45, 2.75) is 11.8 Å². The number of primary sulfonamides is 1. The molecule has 2 heterocycles. The van der Waals surface area contributed by atoms with Crippen LogP contribution in [0.2, 0.25) is 0 Å². The van der Waals surface area contributed by atoms with E-state index in [0.717, 1.165) is 22.2 Å². The van der Waals surface area contributed by atoms with Crippen LogP contribution in [0.15, 0.2) is 74.9 Å². The maximum atomic E-state index is 12.7. The minimum atomic E-state index is -3.77. The van der Waals surface area contributed by atoms with Crippen molar-refractivity contribution in [3.8, 4) is 11.3 Å². The second-order valence-electron chi connectivity index (χ2n) is 6.63. The third-order valence-corrected chi connectivity index (χ3v) is 6.22. The molecule has 0 saturated carbocycles. The van der Waals surface area contributed by atoms with Gasteiger partial charge in [0.05, 0.1) is 15.5 Å². The molecule has 1 aliphatic heterocycles. The number of carbonyl (C=O) groups is 2. The predicted octanol–water partition coefficient (Wildman–Crippen LogP) is 4.14. The summed E-state index contributed by atoms with van der Waals surface area (Å²) in [5.41, 5.74) is 2.12. The highest BCUT2D eigenvalue weighted by Crippen LogP contribution is 2.36. The second kappa shape index (κ2) is 7.60. The third-order valence-electron chi connectivity index (χ3n) is 4.42. The molecule has 0 atom stereocenters. The largest absolute Gasteiger partial charge is 0.457 e. The molecule has 2 amide bonds. The van der Waals surface area contributed by atoms with E-state index in [0.29, 0.717) is 22.8 Å². The fourth-order valence-corrected chi connectivity index (χ4v) is 4.32. The van der Waals surface area contributed by atoms with Crippen molar-refractivity contribution in [2.75, 3.05) is 4.90 Å². The van der Waals surface area contributed by atoms with Crippen LogP contribution in [0.25, 0.3) is 17.4 Å². The van der Waals surface area contributed by atoms with Gasteiger partial charge in [0.2, 0.25) is 10.0 Å². The van der Waals surface area contributed by atoms with Gasteiger partial charge in [-0.05, 0) is 72.8 Å². The Morgan fingerprint density at radius 3 is 2.43 bits per heavy atom. The Labute approximate surface area is 177 Å². The molecular formula is C21H16N2O5S2. The van der Waals surface area contributed by atoms with Gasteiger partial charge in [-0.15, -0.1) is 0 Å². The number of imide groups is 1. The van der Waals surface area contributed by atoms with E-state index in [1.54, 1.807) is 42.5 Å². The molecule has 0 bridgehead atoms. The van der Waals surface area contributed by atoms with Gasteiger partial charge in [0.25, 0.3) is 11.1 Å². The summed E-state index contributed by atoms with van der Waals surface area (Å²) in [5, 5.41) is 4.73. The predicted molar refractivity (Wildman–Crippen MR) is 115 cm³/mol. The van der Waals surface area contributed by atoms with Crippen molar-refractivity contribution >= 4 is 44.7 Å². The number of aryl methyl sites for hydroxylation is 1. The Hall–Kier alpha value is -3.14. The van der Waals surface area contributed by atoms with Crippen LogP contribution in [0, 0.1) is 6.92 Å². The molecule has 0 radical (unpaired) electrons. The number of rotatable bonds is 4. The van der Waals surface area contributed by atoms with Gasteiger partial charge in [-0.25, -0.2) is 18.5 Å². The van der Waals surface area contributed by atoms with Crippen LogP contribution >= 0.6 is 11.8 Å². The highest BCUT2D eigenvalue weighted by Gasteiger charge is 2.36. The summed E-state index contributed by atoms with van der Waals surface area (Å²) in [6.45, 7) is 1.89. The molecule has 0 aliphatic carbocycles. The van der Waals surface area contributed by atoms with Crippen molar-refractivity contribution in [3.63, 3.8) is 0 Å². The van der Waals surface area contributed by atoms with Gasteiger partial charge in [-0.3, -0.25) is 9.59 Å². The monoisotopic (exact) mass is 440 g/mol. The summed E-state index contributed by atoms with van der Waals surface area (Å²) in [6, 6.07) is 16.5.